The number of hydrogen-bond acceptors (Lipinski definition) is 4. The molecule has 0 bridgehead atoms. The second kappa shape index (κ2) is 10.8. The summed E-state index contributed by atoms with van der Waals surface area (Å²) in [6.45, 7) is 0. The molecule has 0 spiro atoms. The van der Waals surface area contributed by atoms with Crippen LogP contribution in [-0.4, -0.2) is 18.1 Å². The Bertz CT molecular complexity index is 1120. The average molecular weight is 451 g/mol. The fourth-order valence-corrected chi connectivity index (χ4v) is 5.57. The van der Waals surface area contributed by atoms with E-state index in [9.17, 15) is 18.1 Å². The maximum atomic E-state index is 10.2. The van der Waals surface area contributed by atoms with Gasteiger partial charge in [-0.25, -0.2) is 8.42 Å². The summed E-state index contributed by atoms with van der Waals surface area (Å²) in [7, 11) is -4.26. The van der Waals surface area contributed by atoms with E-state index in [4.69, 9.17) is 0 Å². The normalized spacial score (nSPS) is 10.9. The number of rotatable bonds is 5. The molecule has 0 aliphatic carbocycles. The molecule has 4 aromatic carbocycles. The minimum Gasteiger partial charge on any atom is -0.748 e. The molecule has 0 unspecified atom stereocenters. The first-order chi connectivity index (χ1) is 14.9. The van der Waals surface area contributed by atoms with Gasteiger partial charge in [0, 0.05) is 0 Å². The molecule has 0 amide bonds. The van der Waals surface area contributed by atoms with Gasteiger partial charge in [0.1, 0.15) is 5.75 Å². The highest BCUT2D eigenvalue weighted by molar-refractivity contribution is 7.97. The first-order valence-corrected chi connectivity index (χ1v) is 12.3. The number of aromatic hydroxyl groups is 1. The molecule has 0 heterocycles. The molecule has 0 atom stereocenters. The molecule has 4 nitrogen and oxygen atoms in total. The lowest BCUT2D eigenvalue weighted by atomic mass is 10.2. The van der Waals surface area contributed by atoms with Crippen LogP contribution in [0.5, 0.6) is 5.75 Å². The van der Waals surface area contributed by atoms with Crippen molar-refractivity contribution in [3.05, 3.63) is 121 Å². The van der Waals surface area contributed by atoms with E-state index in [0.29, 0.717) is 11.3 Å². The molecule has 0 saturated carbocycles. The van der Waals surface area contributed by atoms with Crippen molar-refractivity contribution in [1.82, 2.24) is 0 Å². The maximum absolute atomic E-state index is 10.2. The van der Waals surface area contributed by atoms with Gasteiger partial charge in [-0.3, -0.25) is 0 Å². The zero-order valence-electron chi connectivity index (χ0n) is 16.7. The Kier molecular flexibility index (Phi) is 7.89. The molecule has 6 heteroatoms. The minimum atomic E-state index is -4.13. The fraction of sp³-hybridized carbons (Fsp3) is 0.0400. The Morgan fingerprint density at radius 2 is 1.00 bits per heavy atom. The first kappa shape index (κ1) is 22.6. The molecular formula is C25H22O4S2. The first-order valence-electron chi connectivity index (χ1n) is 9.53. The molecule has 0 aromatic heterocycles. The fourth-order valence-electron chi connectivity index (χ4n) is 2.88. The second-order valence-electron chi connectivity index (χ2n) is 6.61. The monoisotopic (exact) mass is 450 g/mol. The Labute approximate surface area is 185 Å². The maximum Gasteiger partial charge on any atom is 0.166 e. The Hall–Kier alpha value is -3.06. The van der Waals surface area contributed by atoms with Gasteiger partial charge < -0.3 is 9.66 Å². The van der Waals surface area contributed by atoms with Gasteiger partial charge in [-0.05, 0) is 54.1 Å². The number of phenols is 1. The predicted octanol–water partition coefficient (Wildman–Crippen LogP) is 5.22. The Balaban J connectivity index is 0.000000210. The van der Waals surface area contributed by atoms with E-state index < -0.39 is 15.9 Å². The van der Waals surface area contributed by atoms with E-state index in [-0.39, 0.29) is 10.9 Å². The summed E-state index contributed by atoms with van der Waals surface area (Å²) in [4.78, 5) is 3.77. The molecule has 158 valence electrons. The van der Waals surface area contributed by atoms with Gasteiger partial charge in [-0.15, -0.1) is 0 Å². The summed E-state index contributed by atoms with van der Waals surface area (Å²) in [5, 5.41) is 9.48. The van der Waals surface area contributed by atoms with Gasteiger partial charge in [0.05, 0.1) is 26.8 Å². The van der Waals surface area contributed by atoms with E-state index in [1.807, 2.05) is 24.3 Å². The zero-order chi connectivity index (χ0) is 22.1. The zero-order valence-corrected chi connectivity index (χ0v) is 18.3. The Morgan fingerprint density at radius 1 is 0.613 bits per heavy atom. The van der Waals surface area contributed by atoms with Crippen LogP contribution in [0.4, 0.5) is 0 Å². The van der Waals surface area contributed by atoms with E-state index in [1.165, 1.54) is 14.7 Å². The van der Waals surface area contributed by atoms with Crippen molar-refractivity contribution in [1.29, 1.82) is 0 Å². The van der Waals surface area contributed by atoms with Crippen LogP contribution in [0.3, 0.4) is 0 Å². The SMILES string of the molecule is O=S(=O)([O-])Cc1ccccc1.Oc1ccc([S+](c2ccccc2)c2ccccc2)cc1. The molecule has 0 saturated heterocycles. The van der Waals surface area contributed by atoms with Crippen molar-refractivity contribution in [3.63, 3.8) is 0 Å². The number of hydrogen-bond donors (Lipinski definition) is 1. The van der Waals surface area contributed by atoms with E-state index in [2.05, 4.69) is 48.5 Å². The summed E-state index contributed by atoms with van der Waals surface area (Å²) in [6, 6.07) is 36.8. The smallest absolute Gasteiger partial charge is 0.166 e. The molecule has 0 radical (unpaired) electrons. The highest BCUT2D eigenvalue weighted by Gasteiger charge is 2.27. The van der Waals surface area contributed by atoms with Crippen LogP contribution in [-0.2, 0) is 26.8 Å². The summed E-state index contributed by atoms with van der Waals surface area (Å²) in [5.74, 6) is -0.119. The van der Waals surface area contributed by atoms with Crippen LogP contribution >= 0.6 is 0 Å². The number of phenolic OH excluding ortho intramolecular Hbond substituents is 1. The largest absolute Gasteiger partial charge is 0.748 e. The topological polar surface area (TPSA) is 77.4 Å². The van der Waals surface area contributed by atoms with Crippen molar-refractivity contribution in [3.8, 4) is 5.75 Å². The minimum absolute atomic E-state index is 0.134. The molecule has 1 N–H and O–H groups in total. The molecule has 4 aromatic rings. The molecule has 0 aliphatic rings. The van der Waals surface area contributed by atoms with Gasteiger partial charge in [0.25, 0.3) is 0 Å². The summed E-state index contributed by atoms with van der Waals surface area (Å²) < 4.78 is 30.7. The molecular weight excluding hydrogens is 428 g/mol. The Morgan fingerprint density at radius 3 is 1.42 bits per heavy atom. The van der Waals surface area contributed by atoms with Crippen LogP contribution in [0.25, 0.3) is 0 Å². The van der Waals surface area contributed by atoms with E-state index >= 15 is 0 Å². The van der Waals surface area contributed by atoms with Crippen LogP contribution in [0.2, 0.25) is 0 Å². The lowest BCUT2D eigenvalue weighted by Crippen LogP contribution is -2.04. The van der Waals surface area contributed by atoms with Crippen LogP contribution < -0.4 is 0 Å². The highest BCUT2D eigenvalue weighted by atomic mass is 32.2. The average Bonchev–Trinajstić information content (AvgIpc) is 2.77. The standard InChI is InChI=1S/C18H14OS.C7H8O3S/c19-15-11-13-18(14-12-15)20(16-7-3-1-4-8-16)17-9-5-2-6-10-17;8-11(9,10)6-7-4-2-1-3-5-7/h1-14H;1-5H,6H2,(H,8,9,10). The third-order valence-electron chi connectivity index (χ3n) is 4.22. The third-order valence-corrected chi connectivity index (χ3v) is 7.13. The van der Waals surface area contributed by atoms with Crippen LogP contribution in [0, 0.1) is 0 Å². The third kappa shape index (κ3) is 7.29. The van der Waals surface area contributed by atoms with Crippen LogP contribution in [0.15, 0.2) is 130 Å². The van der Waals surface area contributed by atoms with Crippen molar-refractivity contribution >= 4 is 21.0 Å². The summed E-state index contributed by atoms with van der Waals surface area (Å²) >= 11 is 0. The van der Waals surface area contributed by atoms with Gasteiger partial charge in [0.15, 0.2) is 14.7 Å². The second-order valence-corrected chi connectivity index (χ2v) is 10.0. The molecule has 0 aliphatic heterocycles. The van der Waals surface area contributed by atoms with Crippen LogP contribution in [0.1, 0.15) is 5.56 Å². The molecule has 0 fully saturated rings. The van der Waals surface area contributed by atoms with Gasteiger partial charge in [0.2, 0.25) is 0 Å². The highest BCUT2D eigenvalue weighted by Crippen LogP contribution is 2.31. The quantitative estimate of drug-likeness (QED) is 0.334. The predicted molar refractivity (Wildman–Crippen MR) is 123 cm³/mol. The summed E-state index contributed by atoms with van der Waals surface area (Å²) in [6.07, 6.45) is 0. The van der Waals surface area contributed by atoms with Crippen molar-refractivity contribution < 1.29 is 18.1 Å². The van der Waals surface area contributed by atoms with E-state index in [1.54, 1.807) is 42.5 Å². The van der Waals surface area contributed by atoms with Crippen molar-refractivity contribution in [2.75, 3.05) is 0 Å². The lowest BCUT2D eigenvalue weighted by molar-refractivity contribution is 0.462. The van der Waals surface area contributed by atoms with Crippen molar-refractivity contribution in [2.24, 2.45) is 0 Å². The van der Waals surface area contributed by atoms with E-state index in [0.717, 1.165) is 0 Å². The van der Waals surface area contributed by atoms with Gasteiger partial charge in [-0.1, -0.05) is 66.7 Å². The number of benzene rings is 4. The summed E-state index contributed by atoms with van der Waals surface area (Å²) in [5.41, 5.74) is 0.530. The van der Waals surface area contributed by atoms with Crippen molar-refractivity contribution in [2.45, 2.75) is 20.4 Å². The lowest BCUT2D eigenvalue weighted by Gasteiger charge is -2.07. The molecule has 31 heavy (non-hydrogen) atoms. The van der Waals surface area contributed by atoms with Gasteiger partial charge >= 0.3 is 0 Å². The van der Waals surface area contributed by atoms with Gasteiger partial charge in [-0.2, -0.15) is 0 Å². The molecule has 4 rings (SSSR count).